The minimum absolute atomic E-state index is 0.211. The molecule has 10 heteroatoms. The van der Waals surface area contributed by atoms with Crippen molar-refractivity contribution in [3.8, 4) is 11.5 Å². The number of nitrogens with one attached hydrogen (secondary N) is 2. The zero-order valence-corrected chi connectivity index (χ0v) is 26.9. The molecule has 1 saturated heterocycles. The molecule has 238 valence electrons. The van der Waals surface area contributed by atoms with Gasteiger partial charge in [-0.2, -0.15) is 0 Å². The van der Waals surface area contributed by atoms with Crippen molar-refractivity contribution >= 4 is 29.5 Å². The van der Waals surface area contributed by atoms with Gasteiger partial charge in [-0.3, -0.25) is 14.4 Å². The second-order valence-corrected chi connectivity index (χ2v) is 13.7. The van der Waals surface area contributed by atoms with E-state index >= 15 is 0 Å². The van der Waals surface area contributed by atoms with Gasteiger partial charge in [0, 0.05) is 16.7 Å². The van der Waals surface area contributed by atoms with Crippen LogP contribution in [-0.2, 0) is 20.8 Å². The number of thioether (sulfide) groups is 1. The van der Waals surface area contributed by atoms with E-state index in [1.807, 2.05) is 100 Å². The normalized spacial score (nSPS) is 19.9. The molecule has 3 aromatic rings. The summed E-state index contributed by atoms with van der Waals surface area (Å²) in [5, 5.41) is 17.5. The fourth-order valence-corrected chi connectivity index (χ4v) is 7.16. The number of ether oxygens (including phenoxy) is 2. The molecule has 9 nitrogen and oxygen atoms in total. The molecular weight excluding hydrogens is 590 g/mol. The molecule has 3 amide bonds. The zero-order valence-electron chi connectivity index (χ0n) is 26.1. The molecule has 0 unspecified atom stereocenters. The third-order valence-electron chi connectivity index (χ3n) is 8.39. The number of aliphatic hydroxyl groups excluding tert-OH is 1. The van der Waals surface area contributed by atoms with Gasteiger partial charge in [0.05, 0.1) is 24.6 Å². The minimum atomic E-state index is -1.59. The average Bonchev–Trinajstić information content (AvgIpc) is 3.35. The summed E-state index contributed by atoms with van der Waals surface area (Å²) in [4.78, 5) is 42.4. The Bertz CT molecular complexity index is 1510. The highest BCUT2D eigenvalue weighted by atomic mass is 32.2. The number of fused-ring (bicyclic) bond motifs is 1. The summed E-state index contributed by atoms with van der Waals surface area (Å²) >= 11 is 1.48. The summed E-state index contributed by atoms with van der Waals surface area (Å²) in [5.74, 6) is 0.219. The smallest absolute Gasteiger partial charge is 0.258 e. The standard InChI is InChI=1S/C35H41N3O6S/c1-22-11-10-12-23(2)31(22)44-20-29(39)36-27(19-24-13-6-5-7-14-24)30(40)34(42)38-21-45-35(3,4)32(38)33(41)37-26-17-18-43-28-16-9-8-15-25(26)28/h5-16,26-27,30,32,40H,17-21H2,1-4H3,(H,36,39)(H,37,41)/t26-,27-,30-,32+/m0/s1. The van der Waals surface area contributed by atoms with E-state index in [0.717, 1.165) is 28.0 Å². The third kappa shape index (κ3) is 7.45. The lowest BCUT2D eigenvalue weighted by molar-refractivity contribution is -0.148. The molecule has 2 heterocycles. The van der Waals surface area contributed by atoms with Crippen molar-refractivity contribution in [2.24, 2.45) is 0 Å². The third-order valence-corrected chi connectivity index (χ3v) is 9.76. The maximum atomic E-state index is 14.0. The van der Waals surface area contributed by atoms with Gasteiger partial charge in [-0.1, -0.05) is 66.7 Å². The van der Waals surface area contributed by atoms with Crippen molar-refractivity contribution in [1.82, 2.24) is 15.5 Å². The maximum Gasteiger partial charge on any atom is 0.258 e. The van der Waals surface area contributed by atoms with E-state index in [-0.39, 0.29) is 30.9 Å². The number of hydrogen-bond donors (Lipinski definition) is 3. The summed E-state index contributed by atoms with van der Waals surface area (Å²) < 4.78 is 11.0. The van der Waals surface area contributed by atoms with Crippen LogP contribution >= 0.6 is 11.8 Å². The second-order valence-electron chi connectivity index (χ2n) is 12.1. The van der Waals surface area contributed by atoms with Gasteiger partial charge in [0.15, 0.2) is 12.7 Å². The Morgan fingerprint density at radius 1 is 1.02 bits per heavy atom. The molecule has 5 rings (SSSR count). The summed E-state index contributed by atoms with van der Waals surface area (Å²) in [5.41, 5.74) is 3.55. The summed E-state index contributed by atoms with van der Waals surface area (Å²) in [6.07, 6.45) is -0.777. The van der Waals surface area contributed by atoms with Gasteiger partial charge in [0.1, 0.15) is 17.5 Å². The molecule has 2 aliphatic rings. The fraction of sp³-hybridized carbons (Fsp3) is 0.400. The summed E-state index contributed by atoms with van der Waals surface area (Å²) in [6.45, 7) is 7.86. The number of benzene rings is 3. The van der Waals surface area contributed by atoms with Crippen LogP contribution in [-0.4, -0.2) is 69.8 Å². The topological polar surface area (TPSA) is 117 Å². The minimum Gasteiger partial charge on any atom is -0.493 e. The predicted molar refractivity (Wildman–Crippen MR) is 174 cm³/mol. The van der Waals surface area contributed by atoms with Crippen molar-refractivity contribution < 1.29 is 29.0 Å². The van der Waals surface area contributed by atoms with Crippen LogP contribution in [0.15, 0.2) is 72.8 Å². The first-order chi connectivity index (χ1) is 21.5. The first-order valence-electron chi connectivity index (χ1n) is 15.2. The highest BCUT2D eigenvalue weighted by molar-refractivity contribution is 8.00. The zero-order chi connectivity index (χ0) is 32.1. The van der Waals surface area contributed by atoms with E-state index < -0.39 is 34.7 Å². The molecule has 1 fully saturated rings. The van der Waals surface area contributed by atoms with Gasteiger partial charge in [0.25, 0.3) is 11.8 Å². The predicted octanol–water partition coefficient (Wildman–Crippen LogP) is 4.09. The number of carbonyl (C=O) groups excluding carboxylic acids is 3. The van der Waals surface area contributed by atoms with Crippen LogP contribution in [0.5, 0.6) is 11.5 Å². The molecule has 0 bridgehead atoms. The number of amides is 3. The van der Waals surface area contributed by atoms with E-state index in [4.69, 9.17) is 9.47 Å². The van der Waals surface area contributed by atoms with Gasteiger partial charge < -0.3 is 30.1 Å². The van der Waals surface area contributed by atoms with Gasteiger partial charge >= 0.3 is 0 Å². The van der Waals surface area contributed by atoms with E-state index in [1.165, 1.54) is 16.7 Å². The number of aliphatic hydroxyl groups is 1. The lowest BCUT2D eigenvalue weighted by atomic mass is 9.95. The number of nitrogens with zero attached hydrogens (tertiary/aromatic N) is 1. The highest BCUT2D eigenvalue weighted by Gasteiger charge is 2.50. The van der Waals surface area contributed by atoms with Gasteiger partial charge in [-0.05, 0) is 56.9 Å². The monoisotopic (exact) mass is 631 g/mol. The number of rotatable bonds is 10. The number of hydrogen-bond acceptors (Lipinski definition) is 7. The molecule has 3 N–H and O–H groups in total. The Morgan fingerprint density at radius 2 is 1.71 bits per heavy atom. The molecule has 0 spiro atoms. The van der Waals surface area contributed by atoms with Gasteiger partial charge in [-0.25, -0.2) is 0 Å². The maximum absolute atomic E-state index is 14.0. The van der Waals surface area contributed by atoms with Crippen LogP contribution in [0.4, 0.5) is 0 Å². The Kier molecular flexibility index (Phi) is 10.0. The van der Waals surface area contributed by atoms with Crippen LogP contribution in [0.1, 0.15) is 48.6 Å². The molecule has 0 aliphatic carbocycles. The fourth-order valence-electron chi connectivity index (χ4n) is 6.02. The van der Waals surface area contributed by atoms with Crippen LogP contribution < -0.4 is 20.1 Å². The molecule has 0 radical (unpaired) electrons. The Balaban J connectivity index is 1.32. The second kappa shape index (κ2) is 14.0. The lowest BCUT2D eigenvalue weighted by Gasteiger charge is -2.35. The lowest BCUT2D eigenvalue weighted by Crippen LogP contribution is -2.59. The first-order valence-corrected chi connectivity index (χ1v) is 16.2. The SMILES string of the molecule is Cc1cccc(C)c1OCC(=O)N[C@@H](Cc1ccccc1)[C@H](O)C(=O)N1CSC(C)(C)[C@H]1C(=O)N[C@H]1CCOc2ccccc21. The van der Waals surface area contributed by atoms with E-state index in [1.54, 1.807) is 0 Å². The molecule has 3 aromatic carbocycles. The molecular formula is C35H41N3O6S. The molecule has 4 atom stereocenters. The highest BCUT2D eigenvalue weighted by Crippen LogP contribution is 2.41. The number of para-hydroxylation sites is 2. The quantitative estimate of drug-likeness (QED) is 0.309. The van der Waals surface area contributed by atoms with Crippen molar-refractivity contribution in [3.05, 3.63) is 95.1 Å². The molecule has 0 saturated carbocycles. The molecule has 0 aromatic heterocycles. The van der Waals surface area contributed by atoms with E-state index in [0.29, 0.717) is 18.8 Å². The van der Waals surface area contributed by atoms with Crippen LogP contribution in [0.2, 0.25) is 0 Å². The molecule has 2 aliphatic heterocycles. The summed E-state index contributed by atoms with van der Waals surface area (Å²) in [7, 11) is 0. The van der Waals surface area contributed by atoms with Crippen molar-refractivity contribution in [2.75, 3.05) is 19.1 Å². The van der Waals surface area contributed by atoms with Crippen molar-refractivity contribution in [1.29, 1.82) is 0 Å². The van der Waals surface area contributed by atoms with Gasteiger partial charge in [-0.15, -0.1) is 11.8 Å². The summed E-state index contributed by atoms with van der Waals surface area (Å²) in [6, 6.07) is 20.7. The van der Waals surface area contributed by atoms with Crippen LogP contribution in [0, 0.1) is 13.8 Å². The van der Waals surface area contributed by atoms with E-state index in [2.05, 4.69) is 10.6 Å². The van der Waals surface area contributed by atoms with Crippen molar-refractivity contribution in [3.63, 3.8) is 0 Å². The van der Waals surface area contributed by atoms with Crippen LogP contribution in [0.3, 0.4) is 0 Å². The van der Waals surface area contributed by atoms with Crippen molar-refractivity contribution in [2.45, 2.75) is 69.5 Å². The van der Waals surface area contributed by atoms with Crippen LogP contribution in [0.25, 0.3) is 0 Å². The Morgan fingerprint density at radius 3 is 2.44 bits per heavy atom. The first kappa shape index (κ1) is 32.4. The van der Waals surface area contributed by atoms with E-state index in [9.17, 15) is 19.5 Å². The largest absolute Gasteiger partial charge is 0.493 e. The molecule has 45 heavy (non-hydrogen) atoms. The number of aryl methyl sites for hydroxylation is 2. The number of carbonyl (C=O) groups is 3. The Labute approximate surface area is 268 Å². The average molecular weight is 632 g/mol. The Hall–Kier alpha value is -4.02. The van der Waals surface area contributed by atoms with Gasteiger partial charge in [0.2, 0.25) is 5.91 Å².